The minimum absolute atomic E-state index is 0.0939. The van der Waals surface area contributed by atoms with E-state index in [1.54, 1.807) is 6.07 Å². The summed E-state index contributed by atoms with van der Waals surface area (Å²) >= 11 is 0. The van der Waals surface area contributed by atoms with Crippen LogP contribution in [-0.2, 0) is 11.4 Å². The van der Waals surface area contributed by atoms with Crippen LogP contribution in [0.2, 0.25) is 0 Å². The first-order valence-electron chi connectivity index (χ1n) is 4.41. The molecule has 0 unspecified atom stereocenters. The Bertz CT molecular complexity index is 385. The monoisotopic (exact) mass is 210 g/mol. The Morgan fingerprint density at radius 1 is 1.47 bits per heavy atom. The second-order valence-electron chi connectivity index (χ2n) is 3.01. The molecule has 0 amide bonds. The maximum atomic E-state index is 13.1. The van der Waals surface area contributed by atoms with Crippen molar-refractivity contribution in [2.45, 2.75) is 13.0 Å². The van der Waals surface area contributed by atoms with Crippen LogP contribution in [0.15, 0.2) is 24.3 Å². The lowest BCUT2D eigenvalue weighted by atomic mass is 10.1. The summed E-state index contributed by atoms with van der Waals surface area (Å²) in [4.78, 5) is 10.2. The van der Waals surface area contributed by atoms with Gasteiger partial charge < -0.3 is 10.2 Å². The van der Waals surface area contributed by atoms with Crippen LogP contribution >= 0.6 is 0 Å². The Labute approximate surface area is 86.5 Å². The number of carboxylic acids is 1. The quantitative estimate of drug-likeness (QED) is 0.796. The molecular weight excluding hydrogens is 199 g/mol. The summed E-state index contributed by atoms with van der Waals surface area (Å²) in [5.74, 6) is -1.42. The van der Waals surface area contributed by atoms with E-state index in [0.717, 1.165) is 0 Å². The molecule has 0 aromatic heterocycles. The van der Waals surface area contributed by atoms with Crippen LogP contribution in [0, 0.1) is 5.82 Å². The number of rotatable bonds is 4. The SMILES string of the molecule is O=C(O)CC=Cc1ccc(CO)c(F)c1. The van der Waals surface area contributed by atoms with Crippen molar-refractivity contribution in [3.63, 3.8) is 0 Å². The molecule has 2 N–H and O–H groups in total. The molecular formula is C11H11FO3. The molecule has 0 bridgehead atoms. The van der Waals surface area contributed by atoms with Crippen LogP contribution in [0.4, 0.5) is 4.39 Å². The molecule has 1 rings (SSSR count). The van der Waals surface area contributed by atoms with Crippen molar-refractivity contribution < 1.29 is 19.4 Å². The number of carboxylic acid groups (broad SMARTS) is 1. The van der Waals surface area contributed by atoms with Crippen molar-refractivity contribution in [2.75, 3.05) is 0 Å². The molecule has 0 saturated heterocycles. The number of aliphatic carboxylic acids is 1. The summed E-state index contributed by atoms with van der Waals surface area (Å²) in [6.07, 6.45) is 2.87. The van der Waals surface area contributed by atoms with E-state index in [4.69, 9.17) is 10.2 Å². The van der Waals surface area contributed by atoms with Crippen LogP contribution in [-0.4, -0.2) is 16.2 Å². The summed E-state index contributed by atoms with van der Waals surface area (Å²) in [5.41, 5.74) is 0.802. The molecule has 0 aliphatic carbocycles. The summed E-state index contributed by atoms with van der Waals surface area (Å²) < 4.78 is 13.1. The number of hydrogen-bond acceptors (Lipinski definition) is 2. The Morgan fingerprint density at radius 3 is 2.73 bits per heavy atom. The lowest BCUT2D eigenvalue weighted by Crippen LogP contribution is -1.91. The molecule has 4 heteroatoms. The van der Waals surface area contributed by atoms with Crippen molar-refractivity contribution in [2.24, 2.45) is 0 Å². The van der Waals surface area contributed by atoms with Gasteiger partial charge in [-0.15, -0.1) is 0 Å². The van der Waals surface area contributed by atoms with Gasteiger partial charge in [0.15, 0.2) is 0 Å². The van der Waals surface area contributed by atoms with Crippen molar-refractivity contribution in [1.82, 2.24) is 0 Å². The molecule has 0 atom stereocenters. The van der Waals surface area contributed by atoms with E-state index in [1.165, 1.54) is 24.3 Å². The molecule has 0 aliphatic heterocycles. The van der Waals surface area contributed by atoms with Gasteiger partial charge in [-0.1, -0.05) is 24.3 Å². The number of halogens is 1. The van der Waals surface area contributed by atoms with Gasteiger partial charge in [-0.05, 0) is 11.6 Å². The first kappa shape index (κ1) is 11.4. The van der Waals surface area contributed by atoms with E-state index in [1.807, 2.05) is 0 Å². The average Bonchev–Trinajstić information content (AvgIpc) is 2.17. The first-order chi connectivity index (χ1) is 7.13. The standard InChI is InChI=1S/C11H11FO3/c12-10-6-8(2-1-3-11(14)15)4-5-9(10)7-13/h1-2,4-6,13H,3,7H2,(H,14,15). The van der Waals surface area contributed by atoms with Gasteiger partial charge in [-0.2, -0.15) is 0 Å². The zero-order chi connectivity index (χ0) is 11.3. The van der Waals surface area contributed by atoms with Gasteiger partial charge in [0.1, 0.15) is 5.82 Å². The van der Waals surface area contributed by atoms with Crippen molar-refractivity contribution >= 4 is 12.0 Å². The third-order valence-corrected chi connectivity index (χ3v) is 1.85. The molecule has 3 nitrogen and oxygen atoms in total. The highest BCUT2D eigenvalue weighted by Gasteiger charge is 2.00. The fraction of sp³-hybridized carbons (Fsp3) is 0.182. The van der Waals surface area contributed by atoms with E-state index < -0.39 is 11.8 Å². The molecule has 0 heterocycles. The Kier molecular flexibility index (Phi) is 4.00. The Hall–Kier alpha value is -1.68. The Morgan fingerprint density at radius 2 is 2.20 bits per heavy atom. The zero-order valence-corrected chi connectivity index (χ0v) is 7.98. The lowest BCUT2D eigenvalue weighted by Gasteiger charge is -1.99. The molecule has 80 valence electrons. The fourth-order valence-corrected chi connectivity index (χ4v) is 1.09. The van der Waals surface area contributed by atoms with Gasteiger partial charge in [0, 0.05) is 5.56 Å². The highest BCUT2D eigenvalue weighted by Crippen LogP contribution is 2.11. The van der Waals surface area contributed by atoms with Crippen LogP contribution in [0.1, 0.15) is 17.5 Å². The predicted molar refractivity (Wildman–Crippen MR) is 53.6 cm³/mol. The third kappa shape index (κ3) is 3.52. The molecule has 0 aliphatic rings. The molecule has 1 aromatic carbocycles. The summed E-state index contributed by atoms with van der Waals surface area (Å²) in [5, 5.41) is 17.1. The molecule has 15 heavy (non-hydrogen) atoms. The van der Waals surface area contributed by atoms with Gasteiger partial charge in [0.25, 0.3) is 0 Å². The summed E-state index contributed by atoms with van der Waals surface area (Å²) in [6.45, 7) is -0.342. The first-order valence-corrected chi connectivity index (χ1v) is 4.41. The van der Waals surface area contributed by atoms with Gasteiger partial charge in [-0.3, -0.25) is 4.79 Å². The van der Waals surface area contributed by atoms with E-state index in [2.05, 4.69) is 0 Å². The number of carbonyl (C=O) groups is 1. The highest BCUT2D eigenvalue weighted by molar-refractivity contribution is 5.70. The maximum Gasteiger partial charge on any atom is 0.307 e. The molecule has 1 aromatic rings. The summed E-state index contributed by atoms with van der Waals surface area (Å²) in [6, 6.07) is 4.34. The van der Waals surface area contributed by atoms with Crippen molar-refractivity contribution in [1.29, 1.82) is 0 Å². The second kappa shape index (κ2) is 5.26. The summed E-state index contributed by atoms with van der Waals surface area (Å²) in [7, 11) is 0. The van der Waals surface area contributed by atoms with Crippen LogP contribution in [0.25, 0.3) is 6.08 Å². The average molecular weight is 210 g/mol. The Balaban J connectivity index is 2.75. The fourth-order valence-electron chi connectivity index (χ4n) is 1.09. The van der Waals surface area contributed by atoms with Gasteiger partial charge in [0.2, 0.25) is 0 Å². The zero-order valence-electron chi connectivity index (χ0n) is 7.98. The van der Waals surface area contributed by atoms with E-state index in [9.17, 15) is 9.18 Å². The largest absolute Gasteiger partial charge is 0.481 e. The minimum atomic E-state index is -0.932. The number of aliphatic hydroxyl groups excluding tert-OH is 1. The predicted octanol–water partition coefficient (Wildman–Crippen LogP) is 1.81. The highest BCUT2D eigenvalue weighted by atomic mass is 19.1. The third-order valence-electron chi connectivity index (χ3n) is 1.85. The number of benzene rings is 1. The maximum absolute atomic E-state index is 13.1. The topological polar surface area (TPSA) is 57.5 Å². The van der Waals surface area contributed by atoms with E-state index in [0.29, 0.717) is 5.56 Å². The molecule has 0 fully saturated rings. The van der Waals surface area contributed by atoms with E-state index >= 15 is 0 Å². The van der Waals surface area contributed by atoms with E-state index in [-0.39, 0.29) is 18.6 Å². The van der Waals surface area contributed by atoms with Crippen LogP contribution in [0.3, 0.4) is 0 Å². The smallest absolute Gasteiger partial charge is 0.307 e. The van der Waals surface area contributed by atoms with Gasteiger partial charge >= 0.3 is 5.97 Å². The lowest BCUT2D eigenvalue weighted by molar-refractivity contribution is -0.135. The molecule has 0 saturated carbocycles. The minimum Gasteiger partial charge on any atom is -0.481 e. The second-order valence-corrected chi connectivity index (χ2v) is 3.01. The molecule has 0 radical (unpaired) electrons. The van der Waals surface area contributed by atoms with Crippen molar-refractivity contribution in [3.05, 3.63) is 41.2 Å². The number of aliphatic hydroxyl groups is 1. The molecule has 0 spiro atoms. The van der Waals surface area contributed by atoms with Crippen LogP contribution < -0.4 is 0 Å². The van der Waals surface area contributed by atoms with Gasteiger partial charge in [0.05, 0.1) is 13.0 Å². The van der Waals surface area contributed by atoms with Gasteiger partial charge in [-0.25, -0.2) is 4.39 Å². The normalized spacial score (nSPS) is 10.8. The van der Waals surface area contributed by atoms with Crippen LogP contribution in [0.5, 0.6) is 0 Å². The number of hydrogen-bond donors (Lipinski definition) is 2. The van der Waals surface area contributed by atoms with Crippen molar-refractivity contribution in [3.8, 4) is 0 Å².